The number of hydrogen-bond acceptors (Lipinski definition) is 5. The first kappa shape index (κ1) is 21.4. The van der Waals surface area contributed by atoms with E-state index in [0.717, 1.165) is 43.4 Å². The van der Waals surface area contributed by atoms with Crippen LogP contribution in [0, 0.1) is 25.9 Å². The number of furan rings is 1. The topological polar surface area (TPSA) is 51.8 Å². The molecule has 0 unspecified atom stereocenters. The summed E-state index contributed by atoms with van der Waals surface area (Å²) in [6.07, 6.45) is 3.57. The Balaban J connectivity index is 0.000000209. The van der Waals surface area contributed by atoms with Gasteiger partial charge in [0.1, 0.15) is 0 Å². The number of fused-ring (bicyclic) bond motifs is 4. The molecule has 4 nitrogen and oxygen atoms in total. The first-order valence-corrected chi connectivity index (χ1v) is 12.2. The Labute approximate surface area is 236 Å². The molecule has 0 spiro atoms. The molecule has 2 aromatic carbocycles. The monoisotopic (exact) mass is 679 g/mol. The second kappa shape index (κ2) is 10.7. The molecule has 7 rings (SSSR count). The molecule has 0 saturated heterocycles. The van der Waals surface area contributed by atoms with E-state index in [1.165, 1.54) is 10.9 Å². The third-order valence-corrected chi connectivity index (χ3v) is 6.77. The molecule has 0 fully saturated rings. The fourth-order valence-corrected chi connectivity index (χ4v) is 5.08. The van der Waals surface area contributed by atoms with Crippen LogP contribution in [0.4, 0.5) is 0 Å². The molecule has 0 saturated carbocycles. The van der Waals surface area contributed by atoms with Crippen molar-refractivity contribution in [3.63, 3.8) is 0 Å². The van der Waals surface area contributed by atoms with Crippen molar-refractivity contribution in [1.82, 2.24) is 15.0 Å². The molecule has 0 aliphatic carbocycles. The molecule has 5 aromatic heterocycles. The zero-order valence-electron chi connectivity index (χ0n) is 22.7. The van der Waals surface area contributed by atoms with Gasteiger partial charge in [0.15, 0.2) is 0 Å². The number of benzene rings is 2. The van der Waals surface area contributed by atoms with Crippen molar-refractivity contribution in [2.75, 3.05) is 0 Å². The van der Waals surface area contributed by atoms with Crippen LogP contribution in [0.15, 0.2) is 95.7 Å². The molecular formula is C31H21IrN3OS-2. The Kier molecular flexibility index (Phi) is 6.20. The van der Waals surface area contributed by atoms with Gasteiger partial charge >= 0.3 is 0 Å². The maximum atomic E-state index is 7.57. The van der Waals surface area contributed by atoms with Crippen molar-refractivity contribution in [3.8, 4) is 22.5 Å². The van der Waals surface area contributed by atoms with Crippen molar-refractivity contribution in [2.45, 2.75) is 13.8 Å². The Morgan fingerprint density at radius 3 is 2.59 bits per heavy atom. The molecule has 1 radical (unpaired) electrons. The van der Waals surface area contributed by atoms with E-state index >= 15 is 0 Å². The third-order valence-electron chi connectivity index (χ3n) is 5.75. The van der Waals surface area contributed by atoms with Gasteiger partial charge in [0.25, 0.3) is 0 Å². The third kappa shape index (κ3) is 4.96. The molecular weight excluding hydrogens is 655 g/mol. The van der Waals surface area contributed by atoms with Gasteiger partial charge in [0, 0.05) is 63.0 Å². The zero-order valence-corrected chi connectivity index (χ0v) is 22.9. The van der Waals surface area contributed by atoms with Crippen LogP contribution in [0.2, 0.25) is 0 Å². The van der Waals surface area contributed by atoms with E-state index in [2.05, 4.69) is 40.1 Å². The van der Waals surface area contributed by atoms with E-state index in [-0.39, 0.29) is 25.8 Å². The Morgan fingerprint density at radius 1 is 0.865 bits per heavy atom. The van der Waals surface area contributed by atoms with Crippen molar-refractivity contribution in [1.29, 1.82) is 0 Å². The number of aromatic nitrogens is 3. The normalized spacial score (nSPS) is 12.3. The maximum absolute atomic E-state index is 7.57. The molecule has 0 N–H and O–H groups in total. The predicted molar refractivity (Wildman–Crippen MR) is 147 cm³/mol. The van der Waals surface area contributed by atoms with Crippen LogP contribution in [-0.4, -0.2) is 15.0 Å². The quantitative estimate of drug-likeness (QED) is 0.173. The minimum absolute atomic E-state index is 0. The summed E-state index contributed by atoms with van der Waals surface area (Å²) in [5.41, 5.74) is 4.52. The van der Waals surface area contributed by atoms with Crippen LogP contribution in [0.3, 0.4) is 0 Å². The summed E-state index contributed by atoms with van der Waals surface area (Å²) in [6.45, 7) is -0.205. The summed E-state index contributed by atoms with van der Waals surface area (Å²) in [4.78, 5) is 14.2. The first-order valence-electron chi connectivity index (χ1n) is 12.9. The van der Waals surface area contributed by atoms with Crippen LogP contribution < -0.4 is 0 Å². The fraction of sp³-hybridized carbons (Fsp3) is 0.0645. The molecule has 0 bridgehead atoms. The van der Waals surface area contributed by atoms with Gasteiger partial charge in [-0.2, -0.15) is 0 Å². The van der Waals surface area contributed by atoms with Gasteiger partial charge in [0.05, 0.1) is 5.58 Å². The SMILES string of the molecule is [2H]C([2H])([2H])c1ccc2c(n1)oc1c(-c3nccc4sc(C)cc34)[c-]ccc12.[Ir].[c-]1ccccc1-c1ccccn1. The number of nitrogens with zero attached hydrogens (tertiary/aromatic N) is 3. The second-order valence-corrected chi connectivity index (χ2v) is 9.45. The summed E-state index contributed by atoms with van der Waals surface area (Å²) < 4.78 is 29.9. The van der Waals surface area contributed by atoms with Crippen LogP contribution in [0.5, 0.6) is 0 Å². The number of thiophene rings is 1. The van der Waals surface area contributed by atoms with Crippen LogP contribution in [-0.2, 0) is 20.1 Å². The van der Waals surface area contributed by atoms with E-state index in [9.17, 15) is 0 Å². The molecule has 0 aliphatic rings. The number of hydrogen-bond donors (Lipinski definition) is 0. The summed E-state index contributed by atoms with van der Waals surface area (Å²) >= 11 is 1.72. The van der Waals surface area contributed by atoms with Crippen LogP contribution >= 0.6 is 11.3 Å². The minimum Gasteiger partial charge on any atom is -0.486 e. The summed E-state index contributed by atoms with van der Waals surface area (Å²) in [5, 5.41) is 2.70. The maximum Gasteiger partial charge on any atom is 0.216 e. The van der Waals surface area contributed by atoms with Crippen LogP contribution in [0.25, 0.3) is 54.7 Å². The summed E-state index contributed by atoms with van der Waals surface area (Å²) in [7, 11) is 0. The first-order chi connectivity index (χ1) is 18.9. The van der Waals surface area contributed by atoms with Crippen molar-refractivity contribution < 1.29 is 28.6 Å². The van der Waals surface area contributed by atoms with Gasteiger partial charge in [-0.15, -0.1) is 65.4 Å². The van der Waals surface area contributed by atoms with Gasteiger partial charge < -0.3 is 14.4 Å². The van der Waals surface area contributed by atoms with E-state index in [1.807, 2.05) is 60.7 Å². The fourth-order valence-electron chi connectivity index (χ4n) is 4.16. The van der Waals surface area contributed by atoms with E-state index in [1.54, 1.807) is 29.8 Å². The average molecular weight is 679 g/mol. The number of aryl methyl sites for hydroxylation is 2. The Hall–Kier alpha value is -3.70. The number of rotatable bonds is 2. The number of pyridine rings is 3. The van der Waals surface area contributed by atoms with Crippen molar-refractivity contribution in [3.05, 3.63) is 114 Å². The van der Waals surface area contributed by atoms with Gasteiger partial charge in [-0.25, -0.2) is 4.98 Å². The largest absolute Gasteiger partial charge is 0.486 e. The minimum atomic E-state index is -2.27. The van der Waals surface area contributed by atoms with Gasteiger partial charge in [-0.3, -0.25) is 0 Å². The van der Waals surface area contributed by atoms with Crippen molar-refractivity contribution >= 4 is 43.5 Å². The summed E-state index contributed by atoms with van der Waals surface area (Å²) in [6, 6.07) is 31.2. The second-order valence-electron chi connectivity index (χ2n) is 8.17. The van der Waals surface area contributed by atoms with E-state index in [4.69, 9.17) is 8.53 Å². The Morgan fingerprint density at radius 2 is 1.78 bits per heavy atom. The molecule has 37 heavy (non-hydrogen) atoms. The van der Waals surface area contributed by atoms with Gasteiger partial charge in [-0.05, 0) is 55.2 Å². The van der Waals surface area contributed by atoms with Crippen molar-refractivity contribution in [2.24, 2.45) is 0 Å². The standard InChI is InChI=1S/C20H13N2OS.C11H8N.Ir/c1-11-6-7-14-13-4-3-5-15(19(13)23-20(14)22-11)18-16-10-12(2)24-17(16)8-9-21-18;1-2-6-10(7-3-1)11-8-4-5-9-12-11;/h3-4,6-10H,1-2H3;1-6,8-9H;/q2*-1;/i1D3;;. The molecule has 0 atom stereocenters. The van der Waals surface area contributed by atoms with Gasteiger partial charge in [0.2, 0.25) is 5.71 Å². The molecule has 0 amide bonds. The molecule has 6 heteroatoms. The van der Waals surface area contributed by atoms with E-state index < -0.39 is 6.85 Å². The molecule has 5 heterocycles. The molecule has 0 aliphatic heterocycles. The zero-order chi connectivity index (χ0) is 27.0. The smallest absolute Gasteiger partial charge is 0.216 e. The molecule has 7 aromatic rings. The average Bonchev–Trinajstić information content (AvgIpc) is 3.53. The van der Waals surface area contributed by atoms with Crippen LogP contribution in [0.1, 0.15) is 14.7 Å². The molecule has 183 valence electrons. The Bertz CT molecular complexity index is 1880. The predicted octanol–water partition coefficient (Wildman–Crippen LogP) is 8.22. The van der Waals surface area contributed by atoms with E-state index in [0.29, 0.717) is 11.3 Å². The van der Waals surface area contributed by atoms with Gasteiger partial charge in [-0.1, -0.05) is 23.1 Å². The summed E-state index contributed by atoms with van der Waals surface area (Å²) in [5.74, 6) is 0.